The third-order valence-corrected chi connectivity index (χ3v) is 3.59. The smallest absolute Gasteiger partial charge is 0.139 e. The van der Waals surface area contributed by atoms with Crippen LogP contribution in [0.25, 0.3) is 0 Å². The van der Waals surface area contributed by atoms with Gasteiger partial charge in [-0.15, -0.1) is 0 Å². The van der Waals surface area contributed by atoms with Crippen molar-refractivity contribution in [2.75, 3.05) is 18.0 Å². The zero-order chi connectivity index (χ0) is 15.1. The van der Waals surface area contributed by atoms with E-state index in [1.165, 1.54) is 0 Å². The van der Waals surface area contributed by atoms with Crippen molar-refractivity contribution >= 4 is 23.0 Å². The van der Waals surface area contributed by atoms with Crippen molar-refractivity contribution in [3.8, 4) is 0 Å². The van der Waals surface area contributed by atoms with E-state index >= 15 is 0 Å². The zero-order valence-electron chi connectivity index (χ0n) is 12.9. The molecule has 110 valence electrons. The van der Waals surface area contributed by atoms with Gasteiger partial charge in [0.25, 0.3) is 0 Å². The first-order chi connectivity index (χ1) is 9.11. The number of aryl methyl sites for hydroxylation is 1. The Balaban J connectivity index is 2.46. The second kappa shape index (κ2) is 4.97. The molecule has 4 nitrogen and oxygen atoms in total. The van der Waals surface area contributed by atoms with E-state index in [-0.39, 0.29) is 11.2 Å². The van der Waals surface area contributed by atoms with Crippen LogP contribution < -0.4 is 10.6 Å². The molecule has 0 unspecified atom stereocenters. The Labute approximate surface area is 126 Å². The molecule has 20 heavy (non-hydrogen) atoms. The summed E-state index contributed by atoms with van der Waals surface area (Å²) in [6, 6.07) is 1.94. The first-order valence-corrected chi connectivity index (χ1v) is 7.23. The standard InChI is InChI=1S/C15H23N3OS/c1-10-6-7-17-13(11(10)12(16)20)18-8-14(2,3)19-15(4,5)9-18/h6-7H,8-9H2,1-5H3,(H2,16,20). The van der Waals surface area contributed by atoms with Crippen LogP contribution >= 0.6 is 12.2 Å². The molecule has 0 spiro atoms. The molecule has 2 rings (SSSR count). The normalized spacial score (nSPS) is 20.8. The summed E-state index contributed by atoms with van der Waals surface area (Å²) < 4.78 is 6.11. The second-order valence-electron chi connectivity index (χ2n) is 6.67. The van der Waals surface area contributed by atoms with E-state index < -0.39 is 0 Å². The minimum absolute atomic E-state index is 0.235. The number of nitrogens with two attached hydrogens (primary N) is 1. The number of hydrogen-bond acceptors (Lipinski definition) is 4. The molecule has 2 heterocycles. The highest BCUT2D eigenvalue weighted by Gasteiger charge is 2.39. The number of nitrogens with zero attached hydrogens (tertiary/aromatic N) is 2. The third-order valence-electron chi connectivity index (χ3n) is 3.38. The Morgan fingerprint density at radius 2 is 1.85 bits per heavy atom. The number of rotatable bonds is 2. The minimum Gasteiger partial charge on any atom is -0.389 e. The molecular formula is C15H23N3OS. The highest BCUT2D eigenvalue weighted by molar-refractivity contribution is 7.80. The van der Waals surface area contributed by atoms with Gasteiger partial charge >= 0.3 is 0 Å². The van der Waals surface area contributed by atoms with Gasteiger partial charge in [0.15, 0.2) is 0 Å². The van der Waals surface area contributed by atoms with Gasteiger partial charge in [-0.05, 0) is 46.2 Å². The van der Waals surface area contributed by atoms with Crippen molar-refractivity contribution in [3.05, 3.63) is 23.4 Å². The summed E-state index contributed by atoms with van der Waals surface area (Å²) >= 11 is 5.20. The van der Waals surface area contributed by atoms with Crippen LogP contribution in [0.5, 0.6) is 0 Å². The van der Waals surface area contributed by atoms with Crippen LogP contribution in [0.1, 0.15) is 38.8 Å². The van der Waals surface area contributed by atoms with Crippen molar-refractivity contribution in [1.82, 2.24) is 4.98 Å². The van der Waals surface area contributed by atoms with Gasteiger partial charge in [-0.1, -0.05) is 12.2 Å². The van der Waals surface area contributed by atoms with Crippen LogP contribution in [0.3, 0.4) is 0 Å². The molecule has 0 aliphatic carbocycles. The lowest BCUT2D eigenvalue weighted by Gasteiger charge is -2.48. The summed E-state index contributed by atoms with van der Waals surface area (Å²) in [7, 11) is 0. The van der Waals surface area contributed by atoms with E-state index in [0.29, 0.717) is 4.99 Å². The Morgan fingerprint density at radius 3 is 2.35 bits per heavy atom. The highest BCUT2D eigenvalue weighted by atomic mass is 32.1. The van der Waals surface area contributed by atoms with Gasteiger partial charge in [0.1, 0.15) is 10.8 Å². The predicted molar refractivity (Wildman–Crippen MR) is 86.3 cm³/mol. The largest absolute Gasteiger partial charge is 0.389 e. The monoisotopic (exact) mass is 293 g/mol. The van der Waals surface area contributed by atoms with Gasteiger partial charge in [-0.25, -0.2) is 4.98 Å². The van der Waals surface area contributed by atoms with Crippen LogP contribution in [0.2, 0.25) is 0 Å². The van der Waals surface area contributed by atoms with Gasteiger partial charge in [0.2, 0.25) is 0 Å². The van der Waals surface area contributed by atoms with Gasteiger partial charge in [-0.3, -0.25) is 0 Å². The predicted octanol–water partition coefficient (Wildman–Crippen LogP) is 2.42. The Hall–Kier alpha value is -1.20. The van der Waals surface area contributed by atoms with Crippen LogP contribution in [0.4, 0.5) is 5.82 Å². The molecular weight excluding hydrogens is 270 g/mol. The second-order valence-corrected chi connectivity index (χ2v) is 7.11. The first-order valence-electron chi connectivity index (χ1n) is 6.82. The summed E-state index contributed by atoms with van der Waals surface area (Å²) in [5.41, 5.74) is 7.35. The van der Waals surface area contributed by atoms with E-state index in [2.05, 4.69) is 37.6 Å². The van der Waals surface area contributed by atoms with Crippen LogP contribution in [0.15, 0.2) is 12.3 Å². The quantitative estimate of drug-likeness (QED) is 0.849. The minimum atomic E-state index is -0.235. The molecule has 2 N–H and O–H groups in total. The number of thiocarbonyl (C=S) groups is 1. The molecule has 1 saturated heterocycles. The maximum absolute atomic E-state index is 6.11. The molecule has 0 bridgehead atoms. The van der Waals surface area contributed by atoms with Crippen LogP contribution in [-0.4, -0.2) is 34.3 Å². The van der Waals surface area contributed by atoms with E-state index in [0.717, 1.165) is 30.0 Å². The fourth-order valence-corrected chi connectivity index (χ4v) is 3.28. The fourth-order valence-electron chi connectivity index (χ4n) is 3.03. The Kier molecular flexibility index (Phi) is 3.77. The lowest BCUT2D eigenvalue weighted by atomic mass is 9.98. The third kappa shape index (κ3) is 3.10. The number of hydrogen-bond donors (Lipinski definition) is 1. The van der Waals surface area contributed by atoms with Gasteiger partial charge in [0, 0.05) is 19.3 Å². The molecule has 0 atom stereocenters. The Morgan fingerprint density at radius 1 is 1.30 bits per heavy atom. The number of morpholine rings is 1. The molecule has 0 saturated carbocycles. The lowest BCUT2D eigenvalue weighted by molar-refractivity contribution is -0.133. The van der Waals surface area contributed by atoms with Crippen molar-refractivity contribution in [3.63, 3.8) is 0 Å². The SMILES string of the molecule is Cc1ccnc(N2CC(C)(C)OC(C)(C)C2)c1C(N)=S. The molecule has 1 fully saturated rings. The lowest BCUT2D eigenvalue weighted by Crippen LogP contribution is -2.57. The maximum Gasteiger partial charge on any atom is 0.139 e. The summed E-state index contributed by atoms with van der Waals surface area (Å²) in [6.45, 7) is 11.9. The molecule has 1 aliphatic rings. The highest BCUT2D eigenvalue weighted by Crippen LogP contribution is 2.32. The van der Waals surface area contributed by atoms with Gasteiger partial charge in [-0.2, -0.15) is 0 Å². The van der Waals surface area contributed by atoms with E-state index in [1.807, 2.05) is 19.2 Å². The van der Waals surface area contributed by atoms with Gasteiger partial charge in [0.05, 0.1) is 16.8 Å². The molecule has 1 aliphatic heterocycles. The Bertz CT molecular complexity index is 524. The van der Waals surface area contributed by atoms with Crippen molar-refractivity contribution in [2.45, 2.75) is 45.8 Å². The van der Waals surface area contributed by atoms with Crippen molar-refractivity contribution < 1.29 is 4.74 Å². The summed E-state index contributed by atoms with van der Waals surface area (Å²) in [4.78, 5) is 7.14. The summed E-state index contributed by atoms with van der Waals surface area (Å²) in [6.07, 6.45) is 1.81. The molecule has 1 aromatic rings. The van der Waals surface area contributed by atoms with Crippen molar-refractivity contribution in [2.24, 2.45) is 5.73 Å². The van der Waals surface area contributed by atoms with E-state index in [9.17, 15) is 0 Å². The zero-order valence-corrected chi connectivity index (χ0v) is 13.7. The first kappa shape index (κ1) is 15.2. The number of pyridine rings is 1. The molecule has 1 aromatic heterocycles. The van der Waals surface area contributed by atoms with Crippen molar-refractivity contribution in [1.29, 1.82) is 0 Å². The van der Waals surface area contributed by atoms with Gasteiger partial charge < -0.3 is 15.4 Å². The number of aromatic nitrogens is 1. The maximum atomic E-state index is 6.11. The number of ether oxygens (including phenoxy) is 1. The summed E-state index contributed by atoms with van der Waals surface area (Å²) in [5.74, 6) is 0.863. The van der Waals surface area contributed by atoms with E-state index in [4.69, 9.17) is 22.7 Å². The van der Waals surface area contributed by atoms with Crippen LogP contribution in [0, 0.1) is 6.92 Å². The number of anilines is 1. The average molecular weight is 293 g/mol. The van der Waals surface area contributed by atoms with E-state index in [1.54, 1.807) is 0 Å². The fraction of sp³-hybridized carbons (Fsp3) is 0.600. The molecule has 0 radical (unpaired) electrons. The summed E-state index contributed by atoms with van der Waals surface area (Å²) in [5, 5.41) is 0. The molecule has 5 heteroatoms. The molecule has 0 amide bonds. The topological polar surface area (TPSA) is 51.4 Å². The molecule has 0 aromatic carbocycles. The van der Waals surface area contributed by atoms with Crippen LogP contribution in [-0.2, 0) is 4.74 Å². The average Bonchev–Trinajstić information content (AvgIpc) is 2.23.